The molecule has 1 aromatic heterocycles. The first-order chi connectivity index (χ1) is 33.9. The fraction of sp³-hybridized carbons (Fsp3) is 0.317. The molecule has 278 valence electrons. The van der Waals surface area contributed by atoms with Gasteiger partial charge < -0.3 is 19.1 Å². The smallest absolute Gasteiger partial charge is 0.383 e. The van der Waals surface area contributed by atoms with Gasteiger partial charge in [0.1, 0.15) is 6.50 Å². The molecule has 53 heavy (non-hydrogen) atoms. The van der Waals surface area contributed by atoms with E-state index in [2.05, 4.69) is 4.74 Å². The van der Waals surface area contributed by atoms with Gasteiger partial charge in [-0.05, 0) is 66.6 Å². The van der Waals surface area contributed by atoms with E-state index in [-0.39, 0.29) is 20.6 Å². The summed E-state index contributed by atoms with van der Waals surface area (Å²) in [4.78, 5) is 28.8. The van der Waals surface area contributed by atoms with Crippen molar-refractivity contribution in [2.75, 3.05) is 33.2 Å². The minimum Gasteiger partial charge on any atom is -0.383 e. The van der Waals surface area contributed by atoms with E-state index in [1.165, 1.54) is 0 Å². The fourth-order valence-corrected chi connectivity index (χ4v) is 5.47. The van der Waals surface area contributed by atoms with Crippen molar-refractivity contribution >= 4 is 28.6 Å². The van der Waals surface area contributed by atoms with Crippen LogP contribution in [0, 0.1) is 18.6 Å². The summed E-state index contributed by atoms with van der Waals surface area (Å²) in [5, 5.41) is -2.62. The van der Waals surface area contributed by atoms with Crippen LogP contribution in [0.1, 0.15) is 65.2 Å². The minimum atomic E-state index is -4.83. The van der Waals surface area contributed by atoms with Crippen LogP contribution >= 0.6 is 11.8 Å². The molecule has 6 nitrogen and oxygen atoms in total. The molecule has 5 aromatic rings. The van der Waals surface area contributed by atoms with Crippen LogP contribution in [0.5, 0.6) is 0 Å². The lowest BCUT2D eigenvalue weighted by Crippen LogP contribution is -2.48. The van der Waals surface area contributed by atoms with Crippen molar-refractivity contribution in [2.45, 2.75) is 55.6 Å². The highest BCUT2D eigenvalue weighted by molar-refractivity contribution is 7.98. The van der Waals surface area contributed by atoms with Gasteiger partial charge in [0.05, 0.1) is 39.2 Å². The van der Waals surface area contributed by atoms with Gasteiger partial charge in [-0.2, -0.15) is 13.2 Å². The third-order valence-electron chi connectivity index (χ3n) is 7.34. The number of pyridine rings is 1. The number of amides is 1. The van der Waals surface area contributed by atoms with Crippen molar-refractivity contribution in [1.29, 1.82) is 0 Å². The number of rotatable bonds is 12. The Bertz CT molecular complexity index is 3110. The van der Waals surface area contributed by atoms with E-state index in [1.807, 2.05) is 0 Å². The number of aromatic nitrogens is 1. The number of likely N-dealkylation sites (tertiary alicyclic amines) is 1. The number of thioether (sulfide) groups is 1. The van der Waals surface area contributed by atoms with Crippen molar-refractivity contribution in [3.63, 3.8) is 0 Å². The van der Waals surface area contributed by atoms with E-state index in [0.29, 0.717) is 24.3 Å². The summed E-state index contributed by atoms with van der Waals surface area (Å²) in [6.45, 7) is -18.6. The van der Waals surface area contributed by atoms with Crippen LogP contribution in [-0.2, 0) is 34.4 Å². The van der Waals surface area contributed by atoms with Gasteiger partial charge in [0.2, 0.25) is 5.91 Å². The van der Waals surface area contributed by atoms with Crippen molar-refractivity contribution in [1.82, 2.24) is 14.4 Å². The Morgan fingerprint density at radius 1 is 1.06 bits per heavy atom. The molecule has 0 N–H and O–H groups in total. The van der Waals surface area contributed by atoms with E-state index in [4.69, 9.17) is 17.8 Å². The molecule has 1 aliphatic rings. The summed E-state index contributed by atoms with van der Waals surface area (Å²) in [6.07, 6.45) is -13.9. The molecule has 1 amide bonds. The summed E-state index contributed by atoms with van der Waals surface area (Å²) >= 11 is -0.511. The van der Waals surface area contributed by atoms with Gasteiger partial charge in [0.15, 0.2) is 17.1 Å². The van der Waals surface area contributed by atoms with Gasteiger partial charge in [0.25, 0.3) is 0 Å². The van der Waals surface area contributed by atoms with Gasteiger partial charge >= 0.3 is 6.18 Å². The van der Waals surface area contributed by atoms with E-state index < -0.39 is 179 Å². The number of hydrogen-bond acceptors (Lipinski definition) is 5. The lowest BCUT2D eigenvalue weighted by Gasteiger charge is -2.39. The summed E-state index contributed by atoms with van der Waals surface area (Å²) in [5.74, 6) is -6.27. The summed E-state index contributed by atoms with van der Waals surface area (Å²) in [6, 6.07) is -0.740. The molecule has 1 aliphatic heterocycles. The van der Waals surface area contributed by atoms with Crippen LogP contribution in [0.3, 0.4) is 0 Å². The molecule has 4 aromatic carbocycles. The zero-order chi connectivity index (χ0) is 57.2. The molecule has 0 spiro atoms. The standard InChI is InChI=1S/C41H40F5N3O3S/c1-27-6-15-36-34(22-27)37(50)23-39(53-26-31-4-3-5-35(42)40(31)43)49(36)25-38(51)48(33-16-18-47(19-17-33)20-21-52-2)24-28-7-9-29(10-8-28)30-11-13-32(14-12-30)41(44,45)46/h3-15,22-23,33H,16-21,24-26H2,1-2H3/i2D3,6D,15D,16D2,17D2,18D2,19D2,22D,23D,24D2,25D2,26D2,33D. The second-order valence-corrected chi connectivity index (χ2v) is 11.8. The van der Waals surface area contributed by atoms with E-state index in [0.717, 1.165) is 49.4 Å². The number of benzene rings is 4. The second kappa shape index (κ2) is 16.7. The molecule has 0 aliphatic carbocycles. The first kappa shape index (κ1) is 19.2. The van der Waals surface area contributed by atoms with Gasteiger partial charge in [-0.25, -0.2) is 8.78 Å². The Morgan fingerprint density at radius 3 is 2.43 bits per heavy atom. The molecule has 0 bridgehead atoms. The highest BCUT2D eigenvalue weighted by Gasteiger charge is 2.31. The molecule has 6 rings (SSSR count). The lowest BCUT2D eigenvalue weighted by molar-refractivity contribution is -0.137. The maximum absolute atomic E-state index is 15.8. The Labute approximate surface area is 340 Å². The summed E-state index contributed by atoms with van der Waals surface area (Å²) < 4.78 is 270. The highest BCUT2D eigenvalue weighted by atomic mass is 32.2. The Balaban J connectivity index is 1.72. The molecular formula is C41H40F5N3O3S. The number of hydrogen-bond donors (Lipinski definition) is 0. The number of ether oxygens (including phenoxy) is 1. The third kappa shape index (κ3) is 9.17. The fourth-order valence-electron chi connectivity index (χ4n) is 4.74. The average molecular weight is 772 g/mol. The molecule has 0 atom stereocenters. The van der Waals surface area contributed by atoms with Crippen molar-refractivity contribution in [3.05, 3.63) is 135 Å². The van der Waals surface area contributed by atoms with Crippen LogP contribution in [-0.4, -0.2) is 59.5 Å². The average Bonchev–Trinajstić information content (AvgIpc) is 3.29. The SMILES string of the molecule is [2H]c1c(C)c([2H])c2c(=O)c([2H])c(SC([2H])([2H])c3cccc(F)c3F)n(C([2H])([2H])C(=O)N(C([2H])([2H])c3ccc(-c4ccc(C(F)(F)F)cc4)cc3)C3([2H])C([2H])([2H])C([2H])([2H])N(CCOC([2H])([2H])[2H])C([2H])([2H])C3([2H])[2H])c2c1[2H]. The van der Waals surface area contributed by atoms with E-state index >= 15 is 9.18 Å². The van der Waals surface area contributed by atoms with Gasteiger partial charge in [-0.3, -0.25) is 9.59 Å². The molecule has 0 radical (unpaired) electrons. The summed E-state index contributed by atoms with van der Waals surface area (Å²) in [7, 11) is -3.24. The first-order valence-electron chi connectivity index (χ1n) is 26.2. The Morgan fingerprint density at radius 2 is 1.75 bits per heavy atom. The molecule has 1 saturated heterocycles. The largest absolute Gasteiger partial charge is 0.416 e. The van der Waals surface area contributed by atoms with Crippen LogP contribution < -0.4 is 5.43 Å². The highest BCUT2D eigenvalue weighted by Crippen LogP contribution is 2.32. The van der Waals surface area contributed by atoms with Crippen LogP contribution in [0.2, 0.25) is 0 Å². The number of fused-ring (bicyclic) bond motifs is 1. The first-order valence-corrected chi connectivity index (χ1v) is 16.1. The van der Waals surface area contributed by atoms with Crippen LogP contribution in [0.25, 0.3) is 22.0 Å². The van der Waals surface area contributed by atoms with E-state index in [1.54, 1.807) is 0 Å². The van der Waals surface area contributed by atoms with Crippen molar-refractivity contribution in [3.8, 4) is 11.1 Å². The number of carbonyl (C=O) groups excluding carboxylic acids is 1. The maximum atomic E-state index is 15.8. The Hall–Kier alpha value is -4.52. The van der Waals surface area contributed by atoms with Crippen LogP contribution in [0.15, 0.2) is 101 Å². The van der Waals surface area contributed by atoms with Crippen molar-refractivity contribution in [2.24, 2.45) is 0 Å². The quantitative estimate of drug-likeness (QED) is 0.0939. The molecule has 2 heterocycles. The number of piperidine rings is 1. The van der Waals surface area contributed by atoms with Gasteiger partial charge in [0, 0.05) is 75.5 Å². The maximum Gasteiger partial charge on any atom is 0.416 e. The van der Waals surface area contributed by atoms with Gasteiger partial charge in [-0.15, -0.1) is 11.8 Å². The molecular weight excluding hydrogens is 710 g/mol. The predicted molar refractivity (Wildman–Crippen MR) is 198 cm³/mol. The molecule has 1 fully saturated rings. The normalized spacial score (nSPS) is 25.7. The third-order valence-corrected chi connectivity index (χ3v) is 8.14. The Kier molecular flexibility index (Phi) is 6.03. The summed E-state index contributed by atoms with van der Waals surface area (Å²) in [5.41, 5.74) is -10.1. The topological polar surface area (TPSA) is 54.8 Å². The number of alkyl halides is 3. The molecule has 0 saturated carbocycles. The molecule has 0 unspecified atom stereocenters. The zero-order valence-corrected chi connectivity index (χ0v) is 27.9. The monoisotopic (exact) mass is 771 g/mol. The number of carbonyl (C=O) groups is 1. The van der Waals surface area contributed by atoms with E-state index in [9.17, 15) is 34.7 Å². The van der Waals surface area contributed by atoms with Gasteiger partial charge in [-0.1, -0.05) is 60.1 Å². The van der Waals surface area contributed by atoms with Crippen LogP contribution in [0.4, 0.5) is 22.0 Å². The molecule has 12 heteroatoms. The minimum absolute atomic E-state index is 0.00650. The second-order valence-electron chi connectivity index (χ2n) is 11.0. The number of nitrogens with zero attached hydrogens (tertiary/aromatic N) is 3. The number of halogens is 5. The predicted octanol–water partition coefficient (Wildman–Crippen LogP) is 8.71. The lowest BCUT2D eigenvalue weighted by atomic mass is 10.00. The van der Waals surface area contributed by atoms with Crippen molar-refractivity contribution < 1.29 is 61.6 Å². The zero-order valence-electron chi connectivity index (χ0n) is 49.1. The number of methoxy groups -OCH3 is 1.